The summed E-state index contributed by atoms with van der Waals surface area (Å²) in [7, 11) is 0. The van der Waals surface area contributed by atoms with E-state index in [1.807, 2.05) is 54.6 Å². The summed E-state index contributed by atoms with van der Waals surface area (Å²) in [4.78, 5) is 15.6. The van der Waals surface area contributed by atoms with E-state index in [2.05, 4.69) is 41.6 Å². The van der Waals surface area contributed by atoms with E-state index in [0.717, 1.165) is 28.2 Å². The van der Waals surface area contributed by atoms with Gasteiger partial charge in [0.25, 0.3) is 0 Å². The van der Waals surface area contributed by atoms with Gasteiger partial charge in [0.05, 0.1) is 24.8 Å². The minimum Gasteiger partial charge on any atom is -0.481 e. The molecule has 3 N–H and O–H groups in total. The number of anilines is 2. The van der Waals surface area contributed by atoms with Crippen LogP contribution in [0.5, 0.6) is 0 Å². The molecule has 0 radical (unpaired) electrons. The van der Waals surface area contributed by atoms with Gasteiger partial charge >= 0.3 is 5.97 Å². The first-order valence-electron chi connectivity index (χ1n) is 10.9. The van der Waals surface area contributed by atoms with E-state index < -0.39 is 11.6 Å². The molecule has 1 aliphatic heterocycles. The van der Waals surface area contributed by atoms with Crippen molar-refractivity contribution in [1.29, 1.82) is 0 Å². The number of ether oxygens (including phenoxy) is 1. The molecule has 0 fully saturated rings. The lowest BCUT2D eigenvalue weighted by Crippen LogP contribution is -2.50. The number of hydrogen-bond acceptors (Lipinski definition) is 5. The van der Waals surface area contributed by atoms with Gasteiger partial charge in [-0.05, 0) is 35.7 Å². The Kier molecular flexibility index (Phi) is 6.42. The van der Waals surface area contributed by atoms with Crippen LogP contribution in [-0.2, 0) is 21.6 Å². The number of pyridine rings is 1. The molecule has 166 valence electrons. The first-order valence-corrected chi connectivity index (χ1v) is 10.9. The van der Waals surface area contributed by atoms with Gasteiger partial charge < -0.3 is 20.5 Å². The molecule has 0 amide bonds. The minimum atomic E-state index is -0.826. The Morgan fingerprint density at radius 2 is 2.00 bits per heavy atom. The predicted molar refractivity (Wildman–Crippen MR) is 126 cm³/mol. The molecule has 6 nitrogen and oxygen atoms in total. The van der Waals surface area contributed by atoms with Crippen molar-refractivity contribution in [2.75, 3.05) is 23.8 Å². The van der Waals surface area contributed by atoms with Crippen molar-refractivity contribution >= 4 is 17.5 Å². The van der Waals surface area contributed by atoms with E-state index in [4.69, 9.17) is 9.84 Å². The summed E-state index contributed by atoms with van der Waals surface area (Å²) in [5.74, 6) is 0.102. The number of aromatic nitrogens is 1. The lowest BCUT2D eigenvalue weighted by molar-refractivity contribution is -0.136. The maximum absolute atomic E-state index is 11.1. The highest BCUT2D eigenvalue weighted by molar-refractivity contribution is 5.70. The predicted octanol–water partition coefficient (Wildman–Crippen LogP) is 4.65. The second-order valence-corrected chi connectivity index (χ2v) is 8.48. The fraction of sp³-hybridized carbons (Fsp3) is 0.308. The molecule has 1 aliphatic rings. The highest BCUT2D eigenvalue weighted by atomic mass is 16.5. The largest absolute Gasteiger partial charge is 0.481 e. The van der Waals surface area contributed by atoms with Crippen LogP contribution in [-0.4, -0.2) is 35.3 Å². The third-order valence-corrected chi connectivity index (χ3v) is 6.14. The van der Waals surface area contributed by atoms with Gasteiger partial charge in [0.15, 0.2) is 0 Å². The standard InChI is InChI=1S/C26H29N3O3/c1-18(20-9-6-8-19(14-20)15-24(30)31)17-32-26(2,21-10-4-3-5-11-21)23-16-28-22-12-7-13-27-25(22)29-23/h3-14,18,23,28H,15-17H2,1-2H3,(H,27,29)(H,30,31)/t18-,23-,26-/m1/s1. The second kappa shape index (κ2) is 9.40. The van der Waals surface area contributed by atoms with E-state index in [1.54, 1.807) is 6.20 Å². The van der Waals surface area contributed by atoms with Crippen molar-refractivity contribution in [3.05, 3.63) is 89.6 Å². The van der Waals surface area contributed by atoms with Gasteiger partial charge in [-0.1, -0.05) is 61.5 Å². The Hall–Kier alpha value is -3.38. The van der Waals surface area contributed by atoms with Gasteiger partial charge in [0.1, 0.15) is 11.4 Å². The van der Waals surface area contributed by atoms with E-state index in [-0.39, 0.29) is 18.4 Å². The van der Waals surface area contributed by atoms with Crippen LogP contribution in [0.25, 0.3) is 0 Å². The van der Waals surface area contributed by atoms with Crippen LogP contribution in [0.4, 0.5) is 11.5 Å². The van der Waals surface area contributed by atoms with Crippen molar-refractivity contribution in [3.8, 4) is 0 Å². The smallest absolute Gasteiger partial charge is 0.307 e. The summed E-state index contributed by atoms with van der Waals surface area (Å²) >= 11 is 0. The van der Waals surface area contributed by atoms with Crippen LogP contribution in [0.2, 0.25) is 0 Å². The van der Waals surface area contributed by atoms with Gasteiger partial charge in [-0.2, -0.15) is 0 Å². The molecule has 6 heteroatoms. The number of nitrogens with zero attached hydrogens (tertiary/aromatic N) is 1. The molecular formula is C26H29N3O3. The summed E-state index contributed by atoms with van der Waals surface area (Å²) in [6.45, 7) is 5.42. The lowest BCUT2D eigenvalue weighted by atomic mass is 9.86. The molecule has 1 aromatic heterocycles. The highest BCUT2D eigenvalue weighted by Crippen LogP contribution is 2.36. The number of aliphatic carboxylic acids is 1. The molecule has 32 heavy (non-hydrogen) atoms. The maximum atomic E-state index is 11.1. The summed E-state index contributed by atoms with van der Waals surface area (Å²) in [5, 5.41) is 16.1. The van der Waals surface area contributed by atoms with E-state index >= 15 is 0 Å². The zero-order valence-electron chi connectivity index (χ0n) is 18.4. The van der Waals surface area contributed by atoms with Crippen molar-refractivity contribution in [1.82, 2.24) is 4.98 Å². The molecule has 2 aromatic carbocycles. The van der Waals surface area contributed by atoms with Crippen molar-refractivity contribution in [2.45, 2.75) is 37.8 Å². The molecule has 4 rings (SSSR count). The Labute approximate surface area is 188 Å². The first kappa shape index (κ1) is 21.8. The average Bonchev–Trinajstić information content (AvgIpc) is 2.82. The van der Waals surface area contributed by atoms with Crippen LogP contribution >= 0.6 is 0 Å². The zero-order valence-corrected chi connectivity index (χ0v) is 18.4. The molecule has 0 saturated heterocycles. The van der Waals surface area contributed by atoms with E-state index in [0.29, 0.717) is 13.2 Å². The first-order chi connectivity index (χ1) is 15.5. The summed E-state index contributed by atoms with van der Waals surface area (Å²) in [5.41, 5.74) is 3.35. The minimum absolute atomic E-state index is 0.0211. The Morgan fingerprint density at radius 1 is 1.19 bits per heavy atom. The molecular weight excluding hydrogens is 402 g/mol. The Morgan fingerprint density at radius 3 is 2.78 bits per heavy atom. The van der Waals surface area contributed by atoms with Crippen LogP contribution < -0.4 is 10.6 Å². The summed E-state index contributed by atoms with van der Waals surface area (Å²) in [6, 6.07) is 21.9. The molecule has 3 aromatic rings. The molecule has 0 bridgehead atoms. The molecule has 0 spiro atoms. The van der Waals surface area contributed by atoms with Gasteiger partial charge in [0, 0.05) is 18.7 Å². The van der Waals surface area contributed by atoms with Gasteiger partial charge in [-0.15, -0.1) is 0 Å². The van der Waals surface area contributed by atoms with Crippen molar-refractivity contribution in [2.24, 2.45) is 0 Å². The monoisotopic (exact) mass is 431 g/mol. The number of nitrogens with one attached hydrogen (secondary N) is 2. The molecule has 0 saturated carbocycles. The number of hydrogen-bond donors (Lipinski definition) is 3. The maximum Gasteiger partial charge on any atom is 0.307 e. The van der Waals surface area contributed by atoms with Crippen molar-refractivity contribution < 1.29 is 14.6 Å². The topological polar surface area (TPSA) is 83.5 Å². The number of rotatable bonds is 8. The Bertz CT molecular complexity index is 1070. The quantitative estimate of drug-likeness (QED) is 0.482. The molecule has 2 heterocycles. The highest BCUT2D eigenvalue weighted by Gasteiger charge is 2.39. The fourth-order valence-corrected chi connectivity index (χ4v) is 4.16. The molecule has 0 unspecified atom stereocenters. The number of carbonyl (C=O) groups is 1. The average molecular weight is 432 g/mol. The van der Waals surface area contributed by atoms with Crippen molar-refractivity contribution in [3.63, 3.8) is 0 Å². The lowest BCUT2D eigenvalue weighted by Gasteiger charge is -2.42. The third kappa shape index (κ3) is 4.75. The Balaban J connectivity index is 1.55. The van der Waals surface area contributed by atoms with Gasteiger partial charge in [-0.25, -0.2) is 4.98 Å². The molecule has 3 atom stereocenters. The zero-order chi connectivity index (χ0) is 22.6. The fourth-order valence-electron chi connectivity index (χ4n) is 4.16. The molecule has 0 aliphatic carbocycles. The SMILES string of the molecule is C[C@H](CO[C@](C)(c1ccccc1)[C@H]1CNc2cccnc2N1)c1cccc(CC(=O)O)c1. The normalized spacial score (nSPS) is 17.9. The summed E-state index contributed by atoms with van der Waals surface area (Å²) < 4.78 is 6.66. The number of carboxylic acid groups (broad SMARTS) is 1. The van der Waals surface area contributed by atoms with E-state index in [9.17, 15) is 4.79 Å². The summed E-state index contributed by atoms with van der Waals surface area (Å²) in [6.07, 6.45) is 1.80. The van der Waals surface area contributed by atoms with Gasteiger partial charge in [0.2, 0.25) is 0 Å². The number of benzene rings is 2. The van der Waals surface area contributed by atoms with Gasteiger partial charge in [-0.3, -0.25) is 4.79 Å². The van der Waals surface area contributed by atoms with Crippen LogP contribution in [0, 0.1) is 0 Å². The van der Waals surface area contributed by atoms with E-state index in [1.165, 1.54) is 0 Å². The van der Waals surface area contributed by atoms with Crippen LogP contribution in [0.1, 0.15) is 36.5 Å². The van der Waals surface area contributed by atoms with Crippen LogP contribution in [0.3, 0.4) is 0 Å². The van der Waals surface area contributed by atoms with Crippen LogP contribution in [0.15, 0.2) is 72.9 Å². The number of fused-ring (bicyclic) bond motifs is 1. The second-order valence-electron chi connectivity index (χ2n) is 8.48. The third-order valence-electron chi connectivity index (χ3n) is 6.14. The number of carboxylic acids is 1.